The van der Waals surface area contributed by atoms with Crippen LogP contribution in [0.5, 0.6) is 0 Å². The summed E-state index contributed by atoms with van der Waals surface area (Å²) in [5.74, 6) is 0.929. The van der Waals surface area contributed by atoms with Crippen LogP contribution in [0.1, 0.15) is 43.7 Å². The first-order valence-electron chi connectivity index (χ1n) is 6.38. The summed E-state index contributed by atoms with van der Waals surface area (Å²) in [7, 11) is 0. The Morgan fingerprint density at radius 3 is 2.75 bits per heavy atom. The van der Waals surface area contributed by atoms with Gasteiger partial charge < -0.3 is 5.32 Å². The molecule has 0 aliphatic heterocycles. The molecule has 2 nitrogen and oxygen atoms in total. The summed E-state index contributed by atoms with van der Waals surface area (Å²) in [6.07, 6.45) is 9.27. The Labute approximate surface area is 98.5 Å². The molecule has 0 bridgehead atoms. The number of nitrogens with zero attached hydrogens (tertiary/aromatic N) is 1. The van der Waals surface area contributed by atoms with Gasteiger partial charge in [0, 0.05) is 25.0 Å². The van der Waals surface area contributed by atoms with Gasteiger partial charge in [-0.05, 0) is 55.7 Å². The van der Waals surface area contributed by atoms with Gasteiger partial charge in [-0.3, -0.25) is 4.98 Å². The first-order valence-corrected chi connectivity index (χ1v) is 6.38. The maximum Gasteiger partial charge on any atom is 0.0315 e. The molecule has 2 rings (SSSR count). The summed E-state index contributed by atoms with van der Waals surface area (Å²) < 4.78 is 0. The smallest absolute Gasteiger partial charge is 0.0315 e. The number of aryl methyl sites for hydroxylation is 1. The van der Waals surface area contributed by atoms with Crippen molar-refractivity contribution in [3.8, 4) is 0 Å². The molecule has 0 spiro atoms. The van der Waals surface area contributed by atoms with Crippen LogP contribution in [0, 0.1) is 12.8 Å². The lowest BCUT2D eigenvalue weighted by Gasteiger charge is -2.27. The standard InChI is InChI=1S/C14H22N2/c1-11-3-5-14(6-4-11)16-10-13-9-15-8-7-12(13)2/h7-9,11,14,16H,3-6,10H2,1-2H3. The predicted octanol–water partition coefficient (Wildman–Crippen LogP) is 3.06. The van der Waals surface area contributed by atoms with Crippen molar-refractivity contribution >= 4 is 0 Å². The monoisotopic (exact) mass is 218 g/mol. The Hall–Kier alpha value is -0.890. The zero-order chi connectivity index (χ0) is 11.4. The van der Waals surface area contributed by atoms with Crippen molar-refractivity contribution in [2.24, 2.45) is 5.92 Å². The summed E-state index contributed by atoms with van der Waals surface area (Å²) in [6, 6.07) is 2.80. The van der Waals surface area contributed by atoms with Gasteiger partial charge in [0.1, 0.15) is 0 Å². The van der Waals surface area contributed by atoms with E-state index < -0.39 is 0 Å². The molecule has 88 valence electrons. The average Bonchev–Trinajstić information content (AvgIpc) is 2.30. The zero-order valence-corrected chi connectivity index (χ0v) is 10.4. The first-order chi connectivity index (χ1) is 7.75. The molecule has 16 heavy (non-hydrogen) atoms. The summed E-state index contributed by atoms with van der Waals surface area (Å²) >= 11 is 0. The second-order valence-electron chi connectivity index (χ2n) is 5.14. The fourth-order valence-electron chi connectivity index (χ4n) is 2.40. The molecule has 2 heteroatoms. The molecule has 1 saturated carbocycles. The van der Waals surface area contributed by atoms with Crippen molar-refractivity contribution in [3.05, 3.63) is 29.6 Å². The van der Waals surface area contributed by atoms with E-state index in [-0.39, 0.29) is 0 Å². The summed E-state index contributed by atoms with van der Waals surface area (Å²) in [6.45, 7) is 5.49. The van der Waals surface area contributed by atoms with Gasteiger partial charge >= 0.3 is 0 Å². The van der Waals surface area contributed by atoms with E-state index in [0.717, 1.165) is 18.5 Å². The van der Waals surface area contributed by atoms with Crippen LogP contribution in [0.3, 0.4) is 0 Å². The molecule has 0 aromatic carbocycles. The third kappa shape index (κ3) is 3.05. The SMILES string of the molecule is Cc1ccncc1CNC1CCC(C)CC1. The van der Waals surface area contributed by atoms with E-state index in [4.69, 9.17) is 0 Å². The van der Waals surface area contributed by atoms with Crippen LogP contribution in [0.4, 0.5) is 0 Å². The molecule has 0 unspecified atom stereocenters. The summed E-state index contributed by atoms with van der Waals surface area (Å²) in [5.41, 5.74) is 2.67. The maximum atomic E-state index is 4.18. The molecule has 1 N–H and O–H groups in total. The van der Waals surface area contributed by atoms with Gasteiger partial charge in [0.2, 0.25) is 0 Å². The van der Waals surface area contributed by atoms with Crippen molar-refractivity contribution in [2.45, 2.75) is 52.1 Å². The van der Waals surface area contributed by atoms with E-state index >= 15 is 0 Å². The van der Waals surface area contributed by atoms with Gasteiger partial charge in [0.25, 0.3) is 0 Å². The average molecular weight is 218 g/mol. The third-order valence-electron chi connectivity index (χ3n) is 3.74. The van der Waals surface area contributed by atoms with E-state index in [9.17, 15) is 0 Å². The lowest BCUT2D eigenvalue weighted by Crippen LogP contribution is -2.32. The van der Waals surface area contributed by atoms with Gasteiger partial charge in [-0.15, -0.1) is 0 Å². The van der Waals surface area contributed by atoms with Crippen LogP contribution in [-0.2, 0) is 6.54 Å². The van der Waals surface area contributed by atoms with Crippen LogP contribution in [0.2, 0.25) is 0 Å². The topological polar surface area (TPSA) is 24.9 Å². The molecular weight excluding hydrogens is 196 g/mol. The van der Waals surface area contributed by atoms with E-state index in [2.05, 4.69) is 30.2 Å². The molecule has 1 aliphatic carbocycles. The second kappa shape index (κ2) is 5.44. The largest absolute Gasteiger partial charge is 0.310 e. The molecule has 1 aliphatic rings. The van der Waals surface area contributed by atoms with Crippen LogP contribution in [0.25, 0.3) is 0 Å². The highest BCUT2D eigenvalue weighted by molar-refractivity contribution is 5.21. The van der Waals surface area contributed by atoms with Crippen molar-refractivity contribution in [1.29, 1.82) is 0 Å². The van der Waals surface area contributed by atoms with Gasteiger partial charge in [0.15, 0.2) is 0 Å². The van der Waals surface area contributed by atoms with Gasteiger partial charge in [-0.1, -0.05) is 6.92 Å². The Morgan fingerprint density at radius 2 is 2.06 bits per heavy atom. The van der Waals surface area contributed by atoms with Crippen molar-refractivity contribution < 1.29 is 0 Å². The second-order valence-corrected chi connectivity index (χ2v) is 5.14. The molecule has 1 fully saturated rings. The third-order valence-corrected chi connectivity index (χ3v) is 3.74. The number of hydrogen-bond acceptors (Lipinski definition) is 2. The Bertz CT molecular complexity index is 327. The number of rotatable bonds is 3. The van der Waals surface area contributed by atoms with Gasteiger partial charge in [0.05, 0.1) is 0 Å². The lowest BCUT2D eigenvalue weighted by atomic mass is 9.87. The molecule has 0 radical (unpaired) electrons. The van der Waals surface area contributed by atoms with E-state index in [1.165, 1.54) is 36.8 Å². The van der Waals surface area contributed by atoms with Crippen molar-refractivity contribution in [1.82, 2.24) is 10.3 Å². The van der Waals surface area contributed by atoms with E-state index in [1.54, 1.807) is 0 Å². The number of aromatic nitrogens is 1. The molecule has 1 aromatic rings. The zero-order valence-electron chi connectivity index (χ0n) is 10.4. The number of hydrogen-bond donors (Lipinski definition) is 1. The molecule has 1 aromatic heterocycles. The minimum atomic E-state index is 0.718. The number of pyridine rings is 1. The highest BCUT2D eigenvalue weighted by Gasteiger charge is 2.17. The van der Waals surface area contributed by atoms with Crippen molar-refractivity contribution in [3.63, 3.8) is 0 Å². The Kier molecular flexibility index (Phi) is 3.94. The predicted molar refractivity (Wildman–Crippen MR) is 67.2 cm³/mol. The van der Waals surface area contributed by atoms with Crippen LogP contribution in [0.15, 0.2) is 18.5 Å². The van der Waals surface area contributed by atoms with Crippen molar-refractivity contribution in [2.75, 3.05) is 0 Å². The van der Waals surface area contributed by atoms with Crippen LogP contribution < -0.4 is 5.32 Å². The fourth-order valence-corrected chi connectivity index (χ4v) is 2.40. The quantitative estimate of drug-likeness (QED) is 0.843. The van der Waals surface area contributed by atoms with Crippen LogP contribution in [-0.4, -0.2) is 11.0 Å². The Morgan fingerprint density at radius 1 is 1.31 bits per heavy atom. The van der Waals surface area contributed by atoms with Gasteiger partial charge in [-0.2, -0.15) is 0 Å². The van der Waals surface area contributed by atoms with Crippen LogP contribution >= 0.6 is 0 Å². The number of nitrogens with one attached hydrogen (secondary N) is 1. The first kappa shape index (κ1) is 11.6. The van der Waals surface area contributed by atoms with Gasteiger partial charge in [-0.25, -0.2) is 0 Å². The molecule has 0 saturated heterocycles. The minimum Gasteiger partial charge on any atom is -0.310 e. The highest BCUT2D eigenvalue weighted by atomic mass is 14.9. The summed E-state index contributed by atoms with van der Waals surface area (Å²) in [5, 5.41) is 3.66. The summed E-state index contributed by atoms with van der Waals surface area (Å²) in [4.78, 5) is 4.18. The molecule has 0 atom stereocenters. The normalized spacial score (nSPS) is 25.6. The minimum absolute atomic E-state index is 0.718. The maximum absolute atomic E-state index is 4.18. The Balaban J connectivity index is 1.81. The molecule has 1 heterocycles. The highest BCUT2D eigenvalue weighted by Crippen LogP contribution is 2.23. The lowest BCUT2D eigenvalue weighted by molar-refractivity contribution is 0.306. The molecule has 0 amide bonds. The van der Waals surface area contributed by atoms with E-state index in [0.29, 0.717) is 0 Å². The fraction of sp³-hybridized carbons (Fsp3) is 0.643. The van der Waals surface area contributed by atoms with E-state index in [1.807, 2.05) is 12.4 Å². The molecular formula is C14H22N2.